The number of hydrogen-bond acceptors (Lipinski definition) is 5. The van der Waals surface area contributed by atoms with Gasteiger partial charge in [0, 0.05) is 0 Å². The Hall–Kier alpha value is -2.21. The number of halogens is 1. The van der Waals surface area contributed by atoms with Gasteiger partial charge in [-0.2, -0.15) is 0 Å². The van der Waals surface area contributed by atoms with Crippen molar-refractivity contribution in [1.82, 2.24) is 15.2 Å². The molecule has 0 atom stereocenters. The molecule has 0 radical (unpaired) electrons. The highest BCUT2D eigenvalue weighted by atomic mass is 35.5. The molecule has 21 heavy (non-hydrogen) atoms. The second kappa shape index (κ2) is 6.49. The summed E-state index contributed by atoms with van der Waals surface area (Å²) < 4.78 is 0. The van der Waals surface area contributed by atoms with Crippen LogP contribution < -0.4 is 5.32 Å². The Labute approximate surface area is 127 Å². The number of phenolic OH excluding ortho intramolecular Hbond substituents is 1. The monoisotopic (exact) mass is 306 g/mol. The third-order valence-corrected chi connectivity index (χ3v) is 3.26. The van der Waals surface area contributed by atoms with Crippen molar-refractivity contribution in [2.24, 2.45) is 0 Å². The van der Waals surface area contributed by atoms with Gasteiger partial charge in [-0.1, -0.05) is 25.4 Å². The van der Waals surface area contributed by atoms with E-state index >= 15 is 0 Å². The number of carbonyl (C=O) groups excluding carboxylic acids is 1. The standard InChI is InChI=1S/C14H15ClN4O2/c1-3-11-12(4-2)18-19-14(16-11)17-13(21)9-7-8(20)5-6-10(9)15/h5-7,20H,3-4H2,1-2H3,(H,16,17,19,21). The summed E-state index contributed by atoms with van der Waals surface area (Å²) in [4.78, 5) is 16.4. The minimum absolute atomic E-state index is 0.0424. The van der Waals surface area contributed by atoms with E-state index in [0.717, 1.165) is 17.8 Å². The first-order valence-corrected chi connectivity index (χ1v) is 6.95. The van der Waals surface area contributed by atoms with Crippen LogP contribution in [0.5, 0.6) is 5.75 Å². The number of hydrogen-bond donors (Lipinski definition) is 2. The maximum atomic E-state index is 12.1. The molecular formula is C14H15ClN4O2. The Morgan fingerprint density at radius 3 is 2.62 bits per heavy atom. The van der Waals surface area contributed by atoms with E-state index in [-0.39, 0.29) is 22.3 Å². The van der Waals surface area contributed by atoms with Crippen molar-refractivity contribution in [2.45, 2.75) is 26.7 Å². The van der Waals surface area contributed by atoms with Gasteiger partial charge >= 0.3 is 0 Å². The Morgan fingerprint density at radius 2 is 1.95 bits per heavy atom. The summed E-state index contributed by atoms with van der Waals surface area (Å²) in [5.41, 5.74) is 1.76. The van der Waals surface area contributed by atoms with Gasteiger partial charge in [0.25, 0.3) is 5.91 Å². The lowest BCUT2D eigenvalue weighted by Gasteiger charge is -2.08. The normalized spacial score (nSPS) is 10.4. The van der Waals surface area contributed by atoms with Crippen LogP contribution in [-0.2, 0) is 12.8 Å². The first-order chi connectivity index (χ1) is 10.0. The molecule has 1 aromatic carbocycles. The molecule has 6 nitrogen and oxygen atoms in total. The number of aryl methyl sites for hydroxylation is 2. The minimum Gasteiger partial charge on any atom is -0.508 e. The van der Waals surface area contributed by atoms with Crippen molar-refractivity contribution in [3.63, 3.8) is 0 Å². The molecule has 0 bridgehead atoms. The van der Waals surface area contributed by atoms with E-state index in [1.165, 1.54) is 18.2 Å². The van der Waals surface area contributed by atoms with E-state index in [2.05, 4.69) is 20.5 Å². The Morgan fingerprint density at radius 1 is 1.24 bits per heavy atom. The van der Waals surface area contributed by atoms with Crippen molar-refractivity contribution in [3.8, 4) is 5.75 Å². The van der Waals surface area contributed by atoms with Gasteiger partial charge in [0.1, 0.15) is 5.75 Å². The van der Waals surface area contributed by atoms with Crippen molar-refractivity contribution < 1.29 is 9.90 Å². The Bertz CT molecular complexity index is 676. The van der Waals surface area contributed by atoms with Crippen LogP contribution in [-0.4, -0.2) is 26.2 Å². The molecule has 0 aliphatic rings. The average Bonchev–Trinajstić information content (AvgIpc) is 2.49. The largest absolute Gasteiger partial charge is 0.508 e. The quantitative estimate of drug-likeness (QED) is 0.906. The highest BCUT2D eigenvalue weighted by molar-refractivity contribution is 6.34. The zero-order valence-corrected chi connectivity index (χ0v) is 12.5. The fourth-order valence-corrected chi connectivity index (χ4v) is 2.05. The number of anilines is 1. The fraction of sp³-hybridized carbons (Fsp3) is 0.286. The summed E-state index contributed by atoms with van der Waals surface area (Å²) in [6.07, 6.45) is 1.43. The number of rotatable bonds is 4. The summed E-state index contributed by atoms with van der Waals surface area (Å²) in [6.45, 7) is 3.93. The molecule has 1 amide bonds. The van der Waals surface area contributed by atoms with Crippen LogP contribution in [0.3, 0.4) is 0 Å². The lowest BCUT2D eigenvalue weighted by molar-refractivity contribution is 0.102. The second-order valence-corrected chi connectivity index (χ2v) is 4.76. The van der Waals surface area contributed by atoms with E-state index < -0.39 is 5.91 Å². The van der Waals surface area contributed by atoms with E-state index in [1.54, 1.807) is 0 Å². The molecule has 0 spiro atoms. The van der Waals surface area contributed by atoms with Crippen molar-refractivity contribution in [2.75, 3.05) is 5.32 Å². The molecule has 0 aliphatic carbocycles. The van der Waals surface area contributed by atoms with Gasteiger partial charge in [0.05, 0.1) is 22.0 Å². The lowest BCUT2D eigenvalue weighted by atomic mass is 10.2. The molecule has 1 heterocycles. The minimum atomic E-state index is -0.496. The highest BCUT2D eigenvalue weighted by Crippen LogP contribution is 2.21. The number of benzene rings is 1. The highest BCUT2D eigenvalue weighted by Gasteiger charge is 2.14. The molecule has 1 aromatic heterocycles. The molecule has 0 saturated carbocycles. The van der Waals surface area contributed by atoms with Crippen LogP contribution in [0.4, 0.5) is 5.95 Å². The van der Waals surface area contributed by atoms with Crippen LogP contribution in [0.25, 0.3) is 0 Å². The average molecular weight is 307 g/mol. The lowest BCUT2D eigenvalue weighted by Crippen LogP contribution is -2.16. The van der Waals surface area contributed by atoms with Gasteiger partial charge in [-0.3, -0.25) is 10.1 Å². The number of aromatic hydroxyl groups is 1. The molecule has 0 saturated heterocycles. The fourth-order valence-electron chi connectivity index (χ4n) is 1.85. The summed E-state index contributed by atoms with van der Waals surface area (Å²) in [5, 5.41) is 20.1. The summed E-state index contributed by atoms with van der Waals surface area (Å²) in [7, 11) is 0. The van der Waals surface area contributed by atoms with Crippen LogP contribution in [0.15, 0.2) is 18.2 Å². The number of amides is 1. The summed E-state index contributed by atoms with van der Waals surface area (Å²) >= 11 is 5.94. The van der Waals surface area contributed by atoms with E-state index in [9.17, 15) is 9.90 Å². The van der Waals surface area contributed by atoms with Crippen LogP contribution in [0.2, 0.25) is 5.02 Å². The van der Waals surface area contributed by atoms with Crippen molar-refractivity contribution in [1.29, 1.82) is 0 Å². The summed E-state index contributed by atoms with van der Waals surface area (Å²) in [6, 6.07) is 4.14. The topological polar surface area (TPSA) is 88.0 Å². The second-order valence-electron chi connectivity index (χ2n) is 4.35. The molecule has 0 fully saturated rings. The zero-order valence-electron chi connectivity index (χ0n) is 11.7. The first kappa shape index (κ1) is 15.2. The number of nitrogens with zero attached hydrogens (tertiary/aromatic N) is 3. The van der Waals surface area contributed by atoms with Crippen LogP contribution >= 0.6 is 11.6 Å². The molecule has 2 N–H and O–H groups in total. The van der Waals surface area contributed by atoms with Crippen molar-refractivity contribution >= 4 is 23.5 Å². The molecule has 0 unspecified atom stereocenters. The first-order valence-electron chi connectivity index (χ1n) is 6.57. The van der Waals surface area contributed by atoms with Crippen LogP contribution in [0.1, 0.15) is 35.6 Å². The predicted octanol–water partition coefficient (Wildman–Crippen LogP) is 2.61. The molecule has 2 rings (SSSR count). The molecular weight excluding hydrogens is 292 g/mol. The number of phenols is 1. The number of carbonyl (C=O) groups is 1. The molecule has 7 heteroatoms. The third kappa shape index (κ3) is 3.46. The Balaban J connectivity index is 2.25. The summed E-state index contributed by atoms with van der Waals surface area (Å²) in [5.74, 6) is -0.420. The van der Waals surface area contributed by atoms with Gasteiger partial charge < -0.3 is 5.11 Å². The van der Waals surface area contributed by atoms with Gasteiger partial charge in [-0.15, -0.1) is 10.2 Å². The van der Waals surface area contributed by atoms with E-state index in [1.807, 2.05) is 13.8 Å². The Kier molecular flexibility index (Phi) is 4.70. The maximum absolute atomic E-state index is 12.1. The van der Waals surface area contributed by atoms with Crippen molar-refractivity contribution in [3.05, 3.63) is 40.2 Å². The van der Waals surface area contributed by atoms with Gasteiger partial charge in [-0.25, -0.2) is 4.98 Å². The SMILES string of the molecule is CCc1nnc(NC(=O)c2cc(O)ccc2Cl)nc1CC. The van der Waals surface area contributed by atoms with E-state index in [4.69, 9.17) is 11.6 Å². The van der Waals surface area contributed by atoms with Gasteiger partial charge in [-0.05, 0) is 31.0 Å². The number of aromatic nitrogens is 3. The predicted molar refractivity (Wildman–Crippen MR) is 79.7 cm³/mol. The molecule has 0 aliphatic heterocycles. The smallest absolute Gasteiger partial charge is 0.259 e. The third-order valence-electron chi connectivity index (χ3n) is 2.93. The number of nitrogens with one attached hydrogen (secondary N) is 1. The van der Waals surface area contributed by atoms with Gasteiger partial charge in [0.2, 0.25) is 5.95 Å². The molecule has 2 aromatic rings. The maximum Gasteiger partial charge on any atom is 0.259 e. The van der Waals surface area contributed by atoms with Gasteiger partial charge in [0.15, 0.2) is 0 Å². The molecule has 110 valence electrons. The zero-order chi connectivity index (χ0) is 15.4. The van der Waals surface area contributed by atoms with E-state index in [0.29, 0.717) is 6.42 Å². The van der Waals surface area contributed by atoms with Crippen LogP contribution in [0, 0.1) is 0 Å².